The van der Waals surface area contributed by atoms with E-state index in [2.05, 4.69) is 28.9 Å². The zero-order chi connectivity index (χ0) is 18.1. The highest BCUT2D eigenvalue weighted by Crippen LogP contribution is 2.31. The predicted octanol–water partition coefficient (Wildman–Crippen LogP) is 5.19. The highest BCUT2D eigenvalue weighted by atomic mass is 79.9. The average Bonchev–Trinajstić information content (AvgIpc) is 3.28. The summed E-state index contributed by atoms with van der Waals surface area (Å²) in [6, 6.07) is 13.7. The van der Waals surface area contributed by atoms with Crippen LogP contribution in [0.5, 0.6) is 0 Å². The molecule has 1 unspecified atom stereocenters. The van der Waals surface area contributed by atoms with E-state index in [1.54, 1.807) is 16.2 Å². The normalized spacial score (nSPS) is 16.9. The smallest absolute Gasteiger partial charge is 0.260 e. The van der Waals surface area contributed by atoms with Crippen LogP contribution in [0.1, 0.15) is 28.8 Å². The van der Waals surface area contributed by atoms with Gasteiger partial charge in [0, 0.05) is 16.6 Å². The second-order valence-corrected chi connectivity index (χ2v) is 8.45. The third-order valence-corrected chi connectivity index (χ3v) is 6.02. The van der Waals surface area contributed by atoms with Crippen LogP contribution in [-0.4, -0.2) is 30.1 Å². The first-order valence-corrected chi connectivity index (χ1v) is 10.3. The highest BCUT2D eigenvalue weighted by molar-refractivity contribution is 9.10. The van der Waals surface area contributed by atoms with Crippen LogP contribution in [-0.2, 0) is 4.74 Å². The number of fused-ring (bicyclic) bond motifs is 1. The number of benzene rings is 2. The largest absolute Gasteiger partial charge is 0.376 e. The molecule has 1 aliphatic heterocycles. The molecule has 3 aromatic rings. The SMILES string of the molecule is Cc1ccc2nc(N(CC3CCCO3)C(=O)c3cccc(Br)c3)sc2c1. The van der Waals surface area contributed by atoms with Crippen molar-refractivity contribution in [2.75, 3.05) is 18.1 Å². The molecule has 6 heteroatoms. The maximum absolute atomic E-state index is 13.2. The van der Waals surface area contributed by atoms with Crippen molar-refractivity contribution in [3.05, 3.63) is 58.1 Å². The molecule has 1 atom stereocenters. The second-order valence-electron chi connectivity index (χ2n) is 6.53. The fourth-order valence-electron chi connectivity index (χ4n) is 3.15. The van der Waals surface area contributed by atoms with Gasteiger partial charge in [0.25, 0.3) is 5.91 Å². The Kier molecular flexibility index (Phi) is 5.07. The number of hydrogen-bond donors (Lipinski definition) is 0. The quantitative estimate of drug-likeness (QED) is 0.571. The lowest BCUT2D eigenvalue weighted by molar-refractivity contribution is 0.0917. The van der Waals surface area contributed by atoms with Crippen molar-refractivity contribution in [2.45, 2.75) is 25.9 Å². The number of anilines is 1. The lowest BCUT2D eigenvalue weighted by atomic mass is 10.2. The average molecular weight is 431 g/mol. The Morgan fingerprint density at radius 1 is 1.35 bits per heavy atom. The Bertz CT molecular complexity index is 950. The van der Waals surface area contributed by atoms with E-state index in [0.717, 1.165) is 39.3 Å². The third-order valence-electron chi connectivity index (χ3n) is 4.49. The fourth-order valence-corrected chi connectivity index (χ4v) is 4.62. The molecule has 26 heavy (non-hydrogen) atoms. The lowest BCUT2D eigenvalue weighted by Crippen LogP contribution is -2.37. The molecule has 1 saturated heterocycles. The van der Waals surface area contributed by atoms with E-state index in [0.29, 0.717) is 12.1 Å². The molecule has 0 bridgehead atoms. The number of thiazole rings is 1. The summed E-state index contributed by atoms with van der Waals surface area (Å²) < 4.78 is 7.77. The van der Waals surface area contributed by atoms with Crippen molar-refractivity contribution in [1.29, 1.82) is 0 Å². The van der Waals surface area contributed by atoms with Crippen LogP contribution >= 0.6 is 27.3 Å². The van der Waals surface area contributed by atoms with Gasteiger partial charge in [-0.1, -0.05) is 39.4 Å². The molecular weight excluding hydrogens is 412 g/mol. The molecule has 0 N–H and O–H groups in total. The van der Waals surface area contributed by atoms with Crippen molar-refractivity contribution in [3.8, 4) is 0 Å². The van der Waals surface area contributed by atoms with Crippen molar-refractivity contribution < 1.29 is 9.53 Å². The Hall–Kier alpha value is -1.76. The number of carbonyl (C=O) groups excluding carboxylic acids is 1. The van der Waals surface area contributed by atoms with E-state index in [-0.39, 0.29) is 12.0 Å². The number of ether oxygens (including phenoxy) is 1. The van der Waals surface area contributed by atoms with E-state index < -0.39 is 0 Å². The van der Waals surface area contributed by atoms with Crippen LogP contribution in [0.2, 0.25) is 0 Å². The predicted molar refractivity (Wildman–Crippen MR) is 109 cm³/mol. The number of rotatable bonds is 4. The molecular formula is C20H19BrN2O2S. The van der Waals surface area contributed by atoms with Gasteiger partial charge >= 0.3 is 0 Å². The molecule has 0 aliphatic carbocycles. The molecule has 134 valence electrons. The van der Waals surface area contributed by atoms with Gasteiger partial charge in [-0.15, -0.1) is 0 Å². The first kappa shape index (κ1) is 17.6. The minimum Gasteiger partial charge on any atom is -0.376 e. The van der Waals surface area contributed by atoms with Gasteiger partial charge in [-0.05, 0) is 55.7 Å². The summed E-state index contributed by atoms with van der Waals surface area (Å²) in [7, 11) is 0. The first-order chi connectivity index (χ1) is 12.6. The van der Waals surface area contributed by atoms with Crippen molar-refractivity contribution in [1.82, 2.24) is 4.98 Å². The summed E-state index contributed by atoms with van der Waals surface area (Å²) in [6.45, 7) is 3.36. The summed E-state index contributed by atoms with van der Waals surface area (Å²) in [5, 5.41) is 0.728. The number of carbonyl (C=O) groups is 1. The minimum atomic E-state index is -0.0439. The van der Waals surface area contributed by atoms with Gasteiger partial charge in [0.2, 0.25) is 0 Å². The molecule has 4 rings (SSSR count). The molecule has 0 radical (unpaired) electrons. The van der Waals surface area contributed by atoms with E-state index in [4.69, 9.17) is 9.72 Å². The van der Waals surface area contributed by atoms with Crippen LogP contribution in [0.3, 0.4) is 0 Å². The van der Waals surface area contributed by atoms with Gasteiger partial charge in [0.1, 0.15) is 0 Å². The van der Waals surface area contributed by atoms with Crippen LogP contribution < -0.4 is 4.90 Å². The summed E-state index contributed by atoms with van der Waals surface area (Å²) in [5.74, 6) is -0.0439. The molecule has 1 aromatic heterocycles. The Morgan fingerprint density at radius 3 is 3.00 bits per heavy atom. The van der Waals surface area contributed by atoms with E-state index in [1.165, 1.54) is 5.56 Å². The Morgan fingerprint density at radius 2 is 2.23 bits per heavy atom. The molecule has 2 heterocycles. The zero-order valence-corrected chi connectivity index (χ0v) is 16.8. The summed E-state index contributed by atoms with van der Waals surface area (Å²) >= 11 is 5.01. The maximum atomic E-state index is 13.2. The molecule has 1 fully saturated rings. The summed E-state index contributed by atoms with van der Waals surface area (Å²) in [5.41, 5.74) is 2.76. The van der Waals surface area contributed by atoms with Crippen LogP contribution in [0.15, 0.2) is 46.9 Å². The Balaban J connectivity index is 1.72. The standard InChI is InChI=1S/C20H19BrN2O2S/c1-13-7-8-17-18(10-13)26-20(22-17)23(12-16-6-3-9-25-16)19(24)14-4-2-5-15(21)11-14/h2,4-5,7-8,10-11,16H,3,6,9,12H2,1H3. The lowest BCUT2D eigenvalue weighted by Gasteiger charge is -2.23. The van der Waals surface area contributed by atoms with Crippen molar-refractivity contribution >= 4 is 48.5 Å². The summed E-state index contributed by atoms with van der Waals surface area (Å²) in [6.07, 6.45) is 2.09. The molecule has 0 saturated carbocycles. The van der Waals surface area contributed by atoms with Crippen molar-refractivity contribution in [2.24, 2.45) is 0 Å². The van der Waals surface area contributed by atoms with Gasteiger partial charge in [-0.25, -0.2) is 4.98 Å². The maximum Gasteiger partial charge on any atom is 0.260 e. The highest BCUT2D eigenvalue weighted by Gasteiger charge is 2.27. The van der Waals surface area contributed by atoms with E-state index in [1.807, 2.05) is 36.4 Å². The molecule has 0 spiro atoms. The topological polar surface area (TPSA) is 42.4 Å². The van der Waals surface area contributed by atoms with E-state index >= 15 is 0 Å². The van der Waals surface area contributed by atoms with Crippen LogP contribution in [0.25, 0.3) is 10.2 Å². The molecule has 2 aromatic carbocycles. The van der Waals surface area contributed by atoms with Crippen LogP contribution in [0, 0.1) is 6.92 Å². The molecule has 1 aliphatic rings. The molecule has 4 nitrogen and oxygen atoms in total. The van der Waals surface area contributed by atoms with Gasteiger partial charge in [0.15, 0.2) is 5.13 Å². The monoisotopic (exact) mass is 430 g/mol. The van der Waals surface area contributed by atoms with E-state index in [9.17, 15) is 4.79 Å². The number of halogens is 1. The van der Waals surface area contributed by atoms with Gasteiger partial charge in [0.05, 0.1) is 22.9 Å². The first-order valence-electron chi connectivity index (χ1n) is 8.66. The zero-order valence-electron chi connectivity index (χ0n) is 14.4. The van der Waals surface area contributed by atoms with Gasteiger partial charge < -0.3 is 4.74 Å². The third kappa shape index (κ3) is 3.68. The van der Waals surface area contributed by atoms with Crippen molar-refractivity contribution in [3.63, 3.8) is 0 Å². The fraction of sp³-hybridized carbons (Fsp3) is 0.300. The number of nitrogens with zero attached hydrogens (tertiary/aromatic N) is 2. The molecule has 1 amide bonds. The second kappa shape index (κ2) is 7.47. The number of aryl methyl sites for hydroxylation is 1. The number of aromatic nitrogens is 1. The Labute approximate surface area is 164 Å². The summed E-state index contributed by atoms with van der Waals surface area (Å²) in [4.78, 5) is 19.7. The minimum absolute atomic E-state index is 0.0439. The van der Waals surface area contributed by atoms with Crippen LogP contribution in [0.4, 0.5) is 5.13 Å². The van der Waals surface area contributed by atoms with Gasteiger partial charge in [-0.3, -0.25) is 9.69 Å². The van der Waals surface area contributed by atoms with Gasteiger partial charge in [-0.2, -0.15) is 0 Å². The number of hydrogen-bond acceptors (Lipinski definition) is 4. The number of amides is 1.